The second kappa shape index (κ2) is 3.95. The van der Waals surface area contributed by atoms with Crippen LogP contribution in [0.25, 0.3) is 0 Å². The molecule has 0 unspecified atom stereocenters. The first kappa shape index (κ1) is 12.0. The van der Waals surface area contributed by atoms with E-state index in [1.54, 1.807) is 0 Å². The summed E-state index contributed by atoms with van der Waals surface area (Å²) in [6.45, 7) is 8.17. The van der Waals surface area contributed by atoms with Gasteiger partial charge in [-0.2, -0.15) is 0 Å². The zero-order valence-corrected chi connectivity index (χ0v) is 11.1. The standard InChI is InChI=1S/C15H20O3/c1-9-5-4-8-15(3)13(18-15)12-11(7-6-9)10(2)14(16)17-12/h5,11-13H,2,4,6-8H2,1,3H3/b9-5-/t11-,12+,13-,15+/m0/s1. The lowest BCUT2D eigenvalue weighted by Gasteiger charge is -2.19. The molecular formula is C15H20O3. The van der Waals surface area contributed by atoms with Crippen molar-refractivity contribution in [1.82, 2.24) is 0 Å². The highest BCUT2D eigenvalue weighted by Crippen LogP contribution is 2.49. The van der Waals surface area contributed by atoms with E-state index in [0.717, 1.165) is 25.7 Å². The number of carbonyl (C=O) groups excluding carboxylic acids is 1. The van der Waals surface area contributed by atoms with E-state index in [9.17, 15) is 4.79 Å². The molecule has 98 valence electrons. The lowest BCUT2D eigenvalue weighted by atomic mass is 9.84. The molecule has 0 aromatic carbocycles. The summed E-state index contributed by atoms with van der Waals surface area (Å²) in [5.74, 6) is -0.102. The van der Waals surface area contributed by atoms with Crippen molar-refractivity contribution in [2.24, 2.45) is 5.92 Å². The van der Waals surface area contributed by atoms with E-state index < -0.39 is 0 Å². The quantitative estimate of drug-likeness (QED) is 0.286. The SMILES string of the molecule is C=C1C(=O)O[C@@H]2[C@H]1CC/C(C)=C\CC[C@@]1(C)O[C@@H]21. The first-order valence-corrected chi connectivity index (χ1v) is 6.74. The van der Waals surface area contributed by atoms with Crippen molar-refractivity contribution in [3.63, 3.8) is 0 Å². The maximum atomic E-state index is 11.7. The van der Waals surface area contributed by atoms with Crippen molar-refractivity contribution in [2.75, 3.05) is 0 Å². The lowest BCUT2D eigenvalue weighted by molar-refractivity contribution is -0.140. The highest BCUT2D eigenvalue weighted by atomic mass is 16.6. The number of carbonyl (C=O) groups is 1. The van der Waals surface area contributed by atoms with Crippen molar-refractivity contribution >= 4 is 5.97 Å². The fraction of sp³-hybridized carbons (Fsp3) is 0.667. The summed E-state index contributed by atoms with van der Waals surface area (Å²) in [4.78, 5) is 11.7. The van der Waals surface area contributed by atoms with Gasteiger partial charge in [-0.1, -0.05) is 18.2 Å². The fourth-order valence-corrected chi connectivity index (χ4v) is 3.20. The van der Waals surface area contributed by atoms with Gasteiger partial charge in [-0.3, -0.25) is 0 Å². The molecule has 0 saturated carbocycles. The maximum absolute atomic E-state index is 11.7. The summed E-state index contributed by atoms with van der Waals surface area (Å²) < 4.78 is 11.3. The third-order valence-corrected chi connectivity index (χ3v) is 4.57. The number of hydrogen-bond acceptors (Lipinski definition) is 3. The molecule has 3 nitrogen and oxygen atoms in total. The van der Waals surface area contributed by atoms with Gasteiger partial charge in [0.05, 0.1) is 5.60 Å². The molecule has 3 heteroatoms. The molecule has 2 heterocycles. The van der Waals surface area contributed by atoms with Crippen molar-refractivity contribution in [3.8, 4) is 0 Å². The number of esters is 1. The second-order valence-electron chi connectivity index (χ2n) is 5.98. The van der Waals surface area contributed by atoms with Gasteiger partial charge in [0, 0.05) is 11.5 Å². The zero-order chi connectivity index (χ0) is 12.9. The molecule has 0 spiro atoms. The van der Waals surface area contributed by atoms with Crippen LogP contribution in [0.5, 0.6) is 0 Å². The topological polar surface area (TPSA) is 38.8 Å². The van der Waals surface area contributed by atoms with E-state index in [4.69, 9.17) is 9.47 Å². The Morgan fingerprint density at radius 2 is 2.28 bits per heavy atom. The van der Waals surface area contributed by atoms with Gasteiger partial charge in [0.15, 0.2) is 0 Å². The Balaban J connectivity index is 1.87. The Labute approximate surface area is 108 Å². The number of epoxide rings is 1. The Bertz CT molecular complexity index is 437. The highest BCUT2D eigenvalue weighted by molar-refractivity contribution is 5.91. The zero-order valence-electron chi connectivity index (χ0n) is 11.1. The minimum Gasteiger partial charge on any atom is -0.455 e. The van der Waals surface area contributed by atoms with E-state index in [-0.39, 0.29) is 29.7 Å². The first-order valence-electron chi connectivity index (χ1n) is 6.74. The van der Waals surface area contributed by atoms with E-state index in [1.165, 1.54) is 5.57 Å². The summed E-state index contributed by atoms with van der Waals surface area (Å²) in [7, 11) is 0. The summed E-state index contributed by atoms with van der Waals surface area (Å²) in [5, 5.41) is 0. The lowest BCUT2D eigenvalue weighted by Crippen LogP contribution is -2.28. The second-order valence-corrected chi connectivity index (χ2v) is 5.98. The molecular weight excluding hydrogens is 228 g/mol. The monoisotopic (exact) mass is 248 g/mol. The van der Waals surface area contributed by atoms with Crippen LogP contribution in [0.4, 0.5) is 0 Å². The van der Waals surface area contributed by atoms with Crippen LogP contribution in [-0.2, 0) is 14.3 Å². The van der Waals surface area contributed by atoms with Crippen LogP contribution in [0.3, 0.4) is 0 Å². The van der Waals surface area contributed by atoms with Crippen molar-refractivity contribution in [3.05, 3.63) is 23.8 Å². The van der Waals surface area contributed by atoms with Crippen molar-refractivity contribution in [2.45, 2.75) is 57.3 Å². The smallest absolute Gasteiger partial charge is 0.334 e. The molecule has 3 rings (SSSR count). The van der Waals surface area contributed by atoms with E-state index >= 15 is 0 Å². The summed E-state index contributed by atoms with van der Waals surface area (Å²) in [5.41, 5.74) is 1.91. The molecule has 0 bridgehead atoms. The largest absolute Gasteiger partial charge is 0.455 e. The van der Waals surface area contributed by atoms with Crippen LogP contribution in [-0.4, -0.2) is 23.8 Å². The van der Waals surface area contributed by atoms with Crippen LogP contribution in [0, 0.1) is 5.92 Å². The first-order chi connectivity index (χ1) is 8.51. The Kier molecular flexibility index (Phi) is 2.63. The Morgan fingerprint density at radius 1 is 1.50 bits per heavy atom. The molecule has 2 aliphatic heterocycles. The predicted molar refractivity (Wildman–Crippen MR) is 68.0 cm³/mol. The molecule has 0 amide bonds. The molecule has 2 saturated heterocycles. The fourth-order valence-electron chi connectivity index (χ4n) is 3.20. The third-order valence-electron chi connectivity index (χ3n) is 4.57. The minimum atomic E-state index is -0.233. The molecule has 1 aliphatic carbocycles. The van der Waals surface area contributed by atoms with Gasteiger partial charge in [0.25, 0.3) is 0 Å². The summed E-state index contributed by atoms with van der Waals surface area (Å²) >= 11 is 0. The third kappa shape index (κ3) is 1.81. The molecule has 0 N–H and O–H groups in total. The average molecular weight is 248 g/mol. The van der Waals surface area contributed by atoms with Crippen molar-refractivity contribution < 1.29 is 14.3 Å². The molecule has 0 aromatic heterocycles. The number of rotatable bonds is 0. The molecule has 0 aromatic rings. The summed E-state index contributed by atoms with van der Waals surface area (Å²) in [6, 6.07) is 0. The number of hydrogen-bond donors (Lipinski definition) is 0. The van der Waals surface area contributed by atoms with Gasteiger partial charge in [0.2, 0.25) is 0 Å². The number of fused-ring (bicyclic) bond motifs is 3. The Hall–Kier alpha value is -1.09. The molecule has 3 aliphatic rings. The van der Waals surface area contributed by atoms with Gasteiger partial charge in [-0.15, -0.1) is 0 Å². The molecule has 18 heavy (non-hydrogen) atoms. The van der Waals surface area contributed by atoms with Crippen LogP contribution < -0.4 is 0 Å². The van der Waals surface area contributed by atoms with Gasteiger partial charge in [-0.25, -0.2) is 4.79 Å². The van der Waals surface area contributed by atoms with Gasteiger partial charge in [0.1, 0.15) is 12.2 Å². The molecule has 2 fully saturated rings. The van der Waals surface area contributed by atoms with Crippen LogP contribution in [0.1, 0.15) is 39.5 Å². The number of ether oxygens (including phenoxy) is 2. The van der Waals surface area contributed by atoms with Gasteiger partial charge < -0.3 is 9.47 Å². The van der Waals surface area contributed by atoms with Gasteiger partial charge in [-0.05, 0) is 39.5 Å². The van der Waals surface area contributed by atoms with Gasteiger partial charge >= 0.3 is 5.97 Å². The minimum absolute atomic E-state index is 0.0671. The van der Waals surface area contributed by atoms with Crippen molar-refractivity contribution in [1.29, 1.82) is 0 Å². The van der Waals surface area contributed by atoms with E-state index in [2.05, 4.69) is 26.5 Å². The van der Waals surface area contributed by atoms with Crippen LogP contribution in [0.15, 0.2) is 23.8 Å². The molecule has 4 atom stereocenters. The summed E-state index contributed by atoms with van der Waals surface area (Å²) in [6.07, 6.45) is 6.25. The average Bonchev–Trinajstić information content (AvgIpc) is 2.90. The number of allylic oxidation sites excluding steroid dienone is 2. The molecule has 0 radical (unpaired) electrons. The predicted octanol–water partition coefficient (Wildman–Crippen LogP) is 2.76. The van der Waals surface area contributed by atoms with E-state index in [1.807, 2.05) is 0 Å². The van der Waals surface area contributed by atoms with E-state index in [0.29, 0.717) is 5.57 Å². The van der Waals surface area contributed by atoms with Crippen LogP contribution in [0.2, 0.25) is 0 Å². The Morgan fingerprint density at radius 3 is 3.06 bits per heavy atom. The normalized spacial score (nSPS) is 46.6. The van der Waals surface area contributed by atoms with Crippen LogP contribution >= 0.6 is 0 Å². The highest BCUT2D eigenvalue weighted by Gasteiger charge is 2.61. The maximum Gasteiger partial charge on any atom is 0.334 e.